The normalized spacial score (nSPS) is 17.6. The molecule has 0 aliphatic carbocycles. The SMILES string of the molecule is CCOC(=O)C(C)=CC(F)(F)C(F)(F)C(F)(F)C(F)(F)C(F)(F)C(F)(F)C(C)(F)C(F)(F)F. The fraction of sp³-hybridized carbons (Fsp3) is 0.800. The lowest BCUT2D eigenvalue weighted by Crippen LogP contribution is -2.74. The molecule has 0 aromatic carbocycles. The summed E-state index contributed by atoms with van der Waals surface area (Å²) in [6.07, 6.45) is -8.59. The molecule has 0 fully saturated rings. The van der Waals surface area contributed by atoms with Gasteiger partial charge >= 0.3 is 47.7 Å². The van der Waals surface area contributed by atoms with Crippen molar-refractivity contribution in [3.05, 3.63) is 11.6 Å². The van der Waals surface area contributed by atoms with Crippen molar-refractivity contribution in [3.8, 4) is 0 Å². The lowest BCUT2D eigenvalue weighted by Gasteiger charge is -2.43. The summed E-state index contributed by atoms with van der Waals surface area (Å²) in [4.78, 5) is 11.1. The molecular formula is C15H12F16O2. The van der Waals surface area contributed by atoms with E-state index in [2.05, 4.69) is 4.74 Å². The van der Waals surface area contributed by atoms with Gasteiger partial charge in [-0.15, -0.1) is 0 Å². The van der Waals surface area contributed by atoms with Gasteiger partial charge in [-0.1, -0.05) is 0 Å². The second-order valence-corrected chi connectivity index (χ2v) is 6.54. The highest BCUT2D eigenvalue weighted by Gasteiger charge is 2.93. The Balaban J connectivity index is 6.77. The number of allylic oxidation sites excluding steroid dienone is 1. The number of esters is 1. The number of carbonyl (C=O) groups excluding carboxylic acids is 1. The first-order valence-electron chi connectivity index (χ1n) is 8.01. The van der Waals surface area contributed by atoms with Gasteiger partial charge in [-0.2, -0.15) is 65.9 Å². The highest BCUT2D eigenvalue weighted by Crippen LogP contribution is 2.63. The Morgan fingerprint density at radius 3 is 1.33 bits per heavy atom. The van der Waals surface area contributed by atoms with E-state index in [1.807, 2.05) is 0 Å². The number of hydrogen-bond acceptors (Lipinski definition) is 2. The van der Waals surface area contributed by atoms with Crippen molar-refractivity contribution in [2.45, 2.75) is 68.2 Å². The molecule has 0 saturated carbocycles. The van der Waals surface area contributed by atoms with Gasteiger partial charge < -0.3 is 4.74 Å². The summed E-state index contributed by atoms with van der Waals surface area (Å²) in [7, 11) is 0. The topological polar surface area (TPSA) is 26.3 Å². The van der Waals surface area contributed by atoms with E-state index in [9.17, 15) is 75.0 Å². The first kappa shape index (κ1) is 31.1. The zero-order valence-electron chi connectivity index (χ0n) is 16.1. The van der Waals surface area contributed by atoms with Crippen LogP contribution in [0.2, 0.25) is 0 Å². The van der Waals surface area contributed by atoms with Crippen LogP contribution < -0.4 is 0 Å². The zero-order chi connectivity index (χ0) is 27.3. The Bertz CT molecular complexity index is 762. The summed E-state index contributed by atoms with van der Waals surface area (Å²) < 4.78 is 217. The van der Waals surface area contributed by atoms with E-state index >= 15 is 0 Å². The fourth-order valence-corrected chi connectivity index (χ4v) is 1.94. The maximum atomic E-state index is 13.7. The van der Waals surface area contributed by atoms with E-state index < -0.39 is 78.5 Å². The quantitative estimate of drug-likeness (QED) is 0.192. The third-order valence-electron chi connectivity index (χ3n) is 4.11. The van der Waals surface area contributed by atoms with Crippen LogP contribution in [-0.2, 0) is 9.53 Å². The summed E-state index contributed by atoms with van der Waals surface area (Å²) in [5, 5.41) is 0. The minimum Gasteiger partial charge on any atom is -0.463 e. The van der Waals surface area contributed by atoms with E-state index in [1.165, 1.54) is 0 Å². The number of carbonyl (C=O) groups is 1. The molecule has 18 heteroatoms. The maximum Gasteiger partial charge on any atom is 0.428 e. The Kier molecular flexibility index (Phi) is 7.90. The molecule has 0 aromatic heterocycles. The third-order valence-corrected chi connectivity index (χ3v) is 4.11. The molecule has 0 bridgehead atoms. The van der Waals surface area contributed by atoms with Crippen molar-refractivity contribution in [3.63, 3.8) is 0 Å². The van der Waals surface area contributed by atoms with Crippen LogP contribution in [0.4, 0.5) is 70.2 Å². The van der Waals surface area contributed by atoms with Crippen molar-refractivity contribution < 1.29 is 79.8 Å². The molecule has 0 N–H and O–H groups in total. The van der Waals surface area contributed by atoms with Gasteiger partial charge in [0.05, 0.1) is 6.61 Å². The fourth-order valence-electron chi connectivity index (χ4n) is 1.94. The second kappa shape index (κ2) is 8.39. The third kappa shape index (κ3) is 4.44. The van der Waals surface area contributed by atoms with Crippen molar-refractivity contribution in [2.75, 3.05) is 6.61 Å². The van der Waals surface area contributed by atoms with Crippen LogP contribution in [0, 0.1) is 0 Å². The van der Waals surface area contributed by atoms with Gasteiger partial charge in [0.2, 0.25) is 0 Å². The summed E-state index contributed by atoms with van der Waals surface area (Å²) >= 11 is 0. The van der Waals surface area contributed by atoms with Crippen molar-refractivity contribution >= 4 is 5.97 Å². The maximum absolute atomic E-state index is 13.7. The van der Waals surface area contributed by atoms with Crippen LogP contribution in [0.3, 0.4) is 0 Å². The first-order chi connectivity index (χ1) is 14.1. The standard InChI is InChI=1S/C15H12F16O2/c1-4-33-7(32)6(2)5-9(17,18)11(21,22)13(25,26)14(27,28)12(23,24)10(19,20)8(3,16)15(29,30)31/h5H,4H2,1-3H3. The van der Waals surface area contributed by atoms with Gasteiger partial charge in [0.1, 0.15) is 0 Å². The van der Waals surface area contributed by atoms with Crippen LogP contribution in [0.5, 0.6) is 0 Å². The van der Waals surface area contributed by atoms with E-state index in [0.717, 1.165) is 6.92 Å². The summed E-state index contributed by atoms with van der Waals surface area (Å²) in [6.45, 7) is -0.872. The van der Waals surface area contributed by atoms with Gasteiger partial charge in [0.25, 0.3) is 5.67 Å². The smallest absolute Gasteiger partial charge is 0.428 e. The minimum atomic E-state index is -8.42. The van der Waals surface area contributed by atoms with E-state index in [-0.39, 0.29) is 6.92 Å². The largest absolute Gasteiger partial charge is 0.463 e. The van der Waals surface area contributed by atoms with Gasteiger partial charge in [-0.05, 0) is 20.8 Å². The molecule has 0 rings (SSSR count). The average Bonchev–Trinajstić information content (AvgIpc) is 2.59. The monoisotopic (exact) mass is 528 g/mol. The predicted octanol–water partition coefficient (Wildman–Crippen LogP) is 6.60. The molecular weight excluding hydrogens is 516 g/mol. The molecule has 0 aromatic rings. The average molecular weight is 528 g/mol. The number of rotatable bonds is 9. The van der Waals surface area contributed by atoms with Gasteiger partial charge in [-0.25, -0.2) is 9.18 Å². The van der Waals surface area contributed by atoms with Crippen LogP contribution in [0.1, 0.15) is 20.8 Å². The first-order valence-corrected chi connectivity index (χ1v) is 8.01. The van der Waals surface area contributed by atoms with Crippen molar-refractivity contribution in [1.29, 1.82) is 0 Å². The molecule has 0 heterocycles. The van der Waals surface area contributed by atoms with Crippen molar-refractivity contribution in [1.82, 2.24) is 0 Å². The Morgan fingerprint density at radius 2 is 1.00 bits per heavy atom. The molecule has 0 spiro atoms. The van der Waals surface area contributed by atoms with Crippen LogP contribution >= 0.6 is 0 Å². The van der Waals surface area contributed by atoms with Gasteiger partial charge in [0, 0.05) is 11.6 Å². The predicted molar refractivity (Wildman–Crippen MR) is 75.6 cm³/mol. The van der Waals surface area contributed by atoms with E-state index in [4.69, 9.17) is 0 Å². The Labute approximate surface area is 173 Å². The van der Waals surface area contributed by atoms with E-state index in [0.29, 0.717) is 0 Å². The molecule has 196 valence electrons. The van der Waals surface area contributed by atoms with Crippen LogP contribution in [0.15, 0.2) is 11.6 Å². The van der Waals surface area contributed by atoms with Gasteiger partial charge in [-0.3, -0.25) is 0 Å². The lowest BCUT2D eigenvalue weighted by atomic mass is 9.85. The lowest BCUT2D eigenvalue weighted by molar-refractivity contribution is -0.442. The number of hydrogen-bond donors (Lipinski definition) is 0. The highest BCUT2D eigenvalue weighted by atomic mass is 19.4. The molecule has 1 unspecified atom stereocenters. The molecule has 0 amide bonds. The van der Waals surface area contributed by atoms with Crippen LogP contribution in [0.25, 0.3) is 0 Å². The number of halogens is 16. The van der Waals surface area contributed by atoms with Crippen molar-refractivity contribution in [2.24, 2.45) is 0 Å². The molecule has 0 aliphatic heterocycles. The second-order valence-electron chi connectivity index (χ2n) is 6.54. The molecule has 0 saturated heterocycles. The number of ether oxygens (including phenoxy) is 1. The molecule has 0 aliphatic rings. The summed E-state index contributed by atoms with van der Waals surface area (Å²) in [5.74, 6) is -49.2. The number of alkyl halides is 16. The van der Waals surface area contributed by atoms with Crippen LogP contribution in [-0.4, -0.2) is 60.0 Å². The molecule has 33 heavy (non-hydrogen) atoms. The minimum absolute atomic E-state index is 0.193. The Morgan fingerprint density at radius 1 is 0.667 bits per heavy atom. The molecule has 2 nitrogen and oxygen atoms in total. The highest BCUT2D eigenvalue weighted by molar-refractivity contribution is 5.87. The molecule has 1 atom stereocenters. The summed E-state index contributed by atoms with van der Waals surface area (Å²) in [6, 6.07) is 0. The van der Waals surface area contributed by atoms with E-state index in [1.54, 1.807) is 0 Å². The summed E-state index contributed by atoms with van der Waals surface area (Å²) in [5.41, 5.74) is -8.38. The Hall–Kier alpha value is -1.91. The molecule has 0 radical (unpaired) electrons. The zero-order valence-corrected chi connectivity index (χ0v) is 16.1. The van der Waals surface area contributed by atoms with Gasteiger partial charge in [0.15, 0.2) is 0 Å².